The summed E-state index contributed by atoms with van der Waals surface area (Å²) in [6, 6.07) is 62.9. The van der Waals surface area contributed by atoms with Gasteiger partial charge in [-0.05, 0) is 107 Å². The van der Waals surface area contributed by atoms with Crippen molar-refractivity contribution in [3.8, 4) is 33.4 Å². The van der Waals surface area contributed by atoms with Crippen molar-refractivity contribution in [2.75, 3.05) is 0 Å². The lowest BCUT2D eigenvalue weighted by atomic mass is 9.85. The molecule has 0 nitrogen and oxygen atoms in total. The lowest BCUT2D eigenvalue weighted by Gasteiger charge is -2.18. The minimum atomic E-state index is 1.23. The minimum Gasteiger partial charge on any atom is -0.135 e. The maximum atomic E-state index is 2.40. The van der Waals surface area contributed by atoms with Crippen LogP contribution in [0.1, 0.15) is 0 Å². The van der Waals surface area contributed by atoms with Crippen LogP contribution in [0, 0.1) is 0 Å². The molecule has 1 aromatic heterocycles. The molecule has 0 atom stereocenters. The van der Waals surface area contributed by atoms with Gasteiger partial charge in [0.05, 0.1) is 0 Å². The summed E-state index contributed by atoms with van der Waals surface area (Å²) in [7, 11) is 0. The zero-order valence-electron chi connectivity index (χ0n) is 25.6. The molecule has 1 heterocycles. The van der Waals surface area contributed by atoms with Crippen molar-refractivity contribution in [3.63, 3.8) is 0 Å². The Balaban J connectivity index is 1.21. The molecule has 0 fully saturated rings. The highest BCUT2D eigenvalue weighted by atomic mass is 32.1. The molecular formula is C46H28S. The van der Waals surface area contributed by atoms with E-state index in [0.29, 0.717) is 0 Å². The zero-order valence-corrected chi connectivity index (χ0v) is 26.4. The fraction of sp³-hybridized carbons (Fsp3) is 0. The van der Waals surface area contributed by atoms with E-state index in [-0.39, 0.29) is 0 Å². The highest BCUT2D eigenvalue weighted by Gasteiger charge is 2.17. The Morgan fingerprint density at radius 3 is 1.45 bits per heavy atom. The first kappa shape index (κ1) is 26.5. The Bertz CT molecular complexity index is 2800. The van der Waals surface area contributed by atoms with Crippen molar-refractivity contribution < 1.29 is 0 Å². The molecule has 0 amide bonds. The van der Waals surface area contributed by atoms with Crippen LogP contribution in [0.3, 0.4) is 0 Å². The van der Waals surface area contributed by atoms with E-state index in [1.54, 1.807) is 0 Å². The van der Waals surface area contributed by atoms with Crippen molar-refractivity contribution in [1.82, 2.24) is 0 Å². The van der Waals surface area contributed by atoms with Crippen molar-refractivity contribution in [1.29, 1.82) is 0 Å². The second-order valence-electron chi connectivity index (χ2n) is 12.5. The van der Waals surface area contributed by atoms with Gasteiger partial charge in [-0.2, -0.15) is 0 Å². The van der Waals surface area contributed by atoms with Gasteiger partial charge in [-0.3, -0.25) is 0 Å². The molecule has 9 aromatic carbocycles. The van der Waals surface area contributed by atoms with Gasteiger partial charge in [-0.25, -0.2) is 0 Å². The lowest BCUT2D eigenvalue weighted by molar-refractivity contribution is 1.63. The molecule has 0 bridgehead atoms. The summed E-state index contributed by atoms with van der Waals surface area (Å²) >= 11 is 1.87. The Labute approximate surface area is 276 Å². The molecule has 0 saturated carbocycles. The summed E-state index contributed by atoms with van der Waals surface area (Å²) in [5, 5.41) is 12.9. The number of hydrogen-bond acceptors (Lipinski definition) is 1. The van der Waals surface area contributed by atoms with E-state index in [9.17, 15) is 0 Å². The van der Waals surface area contributed by atoms with Gasteiger partial charge in [-0.1, -0.05) is 140 Å². The average molecular weight is 613 g/mol. The molecule has 1 heteroatoms. The highest BCUT2D eigenvalue weighted by molar-refractivity contribution is 7.25. The first-order valence-electron chi connectivity index (χ1n) is 16.2. The van der Waals surface area contributed by atoms with Crippen LogP contribution < -0.4 is 0 Å². The third-order valence-electron chi connectivity index (χ3n) is 9.83. The number of benzene rings is 9. The first-order chi connectivity index (χ1) is 23.3. The smallest absolute Gasteiger partial charge is 0.0355 e. The van der Waals surface area contributed by atoms with Crippen LogP contribution in [-0.4, -0.2) is 0 Å². The van der Waals surface area contributed by atoms with Crippen molar-refractivity contribution in [3.05, 3.63) is 170 Å². The largest absolute Gasteiger partial charge is 0.135 e. The van der Waals surface area contributed by atoms with E-state index in [2.05, 4.69) is 170 Å². The Hall–Kier alpha value is -5.76. The predicted octanol–water partition coefficient (Wildman–Crippen LogP) is 13.7. The molecule has 47 heavy (non-hydrogen) atoms. The van der Waals surface area contributed by atoms with E-state index in [0.717, 1.165) is 0 Å². The van der Waals surface area contributed by atoms with Crippen molar-refractivity contribution in [2.45, 2.75) is 0 Å². The maximum Gasteiger partial charge on any atom is 0.0355 e. The molecule has 0 aliphatic heterocycles. The summed E-state index contributed by atoms with van der Waals surface area (Å²) in [5.41, 5.74) is 7.55. The first-order valence-corrected chi connectivity index (χ1v) is 17.0. The quantitative estimate of drug-likeness (QED) is 0.138. The molecule has 218 valence electrons. The lowest BCUT2D eigenvalue weighted by Crippen LogP contribution is -1.91. The summed E-state index contributed by atoms with van der Waals surface area (Å²) in [6.07, 6.45) is 0. The van der Waals surface area contributed by atoms with E-state index in [1.165, 1.54) is 96.6 Å². The molecule has 0 aliphatic carbocycles. The third-order valence-corrected chi connectivity index (χ3v) is 11.0. The third kappa shape index (κ3) is 4.14. The number of hydrogen-bond donors (Lipinski definition) is 0. The number of thiophene rings is 1. The summed E-state index contributed by atoms with van der Waals surface area (Å²) < 4.78 is 2.67. The van der Waals surface area contributed by atoms with Gasteiger partial charge in [0.15, 0.2) is 0 Å². The second-order valence-corrected chi connectivity index (χ2v) is 13.5. The van der Waals surface area contributed by atoms with E-state index >= 15 is 0 Å². The van der Waals surface area contributed by atoms with Gasteiger partial charge in [0.25, 0.3) is 0 Å². The molecule has 0 N–H and O–H groups in total. The minimum absolute atomic E-state index is 1.23. The van der Waals surface area contributed by atoms with Gasteiger partial charge < -0.3 is 0 Å². The van der Waals surface area contributed by atoms with Crippen LogP contribution in [0.4, 0.5) is 0 Å². The molecule has 0 saturated heterocycles. The van der Waals surface area contributed by atoms with E-state index < -0.39 is 0 Å². The SMILES string of the molecule is c1cc(-c2ccc3sc4ccccc4c3c2)cc(-c2c3ccccc3c(-c3ccc4ccc5ccccc5c4c3)c3ccccc23)c1. The monoisotopic (exact) mass is 612 g/mol. The predicted molar refractivity (Wildman–Crippen MR) is 206 cm³/mol. The van der Waals surface area contributed by atoms with Gasteiger partial charge in [0, 0.05) is 20.2 Å². The topological polar surface area (TPSA) is 0 Å². The summed E-state index contributed by atoms with van der Waals surface area (Å²) in [5.74, 6) is 0. The van der Waals surface area contributed by atoms with E-state index in [1.807, 2.05) is 11.3 Å². The standard InChI is InChI=1S/C46H28S/c1-2-13-35-29(10-1)20-21-30-22-23-34(28-41(30)35)46-39-17-5-3-15-37(39)45(38-16-4-6-18-40(38)46)33-12-9-11-31(26-33)32-24-25-44-42(27-32)36-14-7-8-19-43(36)47-44/h1-28H. The number of rotatable bonds is 3. The Morgan fingerprint density at radius 2 is 0.723 bits per heavy atom. The molecule has 0 aliphatic rings. The van der Waals surface area contributed by atoms with Crippen molar-refractivity contribution >= 4 is 74.6 Å². The molecule has 10 aromatic rings. The average Bonchev–Trinajstić information content (AvgIpc) is 3.51. The van der Waals surface area contributed by atoms with Gasteiger partial charge in [0.1, 0.15) is 0 Å². The van der Waals surface area contributed by atoms with Crippen LogP contribution in [0.5, 0.6) is 0 Å². The maximum absolute atomic E-state index is 2.40. The van der Waals surface area contributed by atoms with Gasteiger partial charge in [0.2, 0.25) is 0 Å². The van der Waals surface area contributed by atoms with Gasteiger partial charge >= 0.3 is 0 Å². The molecule has 10 rings (SSSR count). The van der Waals surface area contributed by atoms with Crippen LogP contribution in [-0.2, 0) is 0 Å². The highest BCUT2D eigenvalue weighted by Crippen LogP contribution is 2.45. The number of fused-ring (bicyclic) bond motifs is 8. The second kappa shape index (κ2) is 10.4. The summed E-state index contributed by atoms with van der Waals surface area (Å²) in [4.78, 5) is 0. The van der Waals surface area contributed by atoms with Gasteiger partial charge in [-0.15, -0.1) is 11.3 Å². The normalized spacial score (nSPS) is 11.8. The molecule has 0 spiro atoms. The Kier molecular flexibility index (Phi) is 5.85. The van der Waals surface area contributed by atoms with Crippen molar-refractivity contribution in [2.24, 2.45) is 0 Å². The van der Waals surface area contributed by atoms with Crippen LogP contribution in [0.25, 0.3) is 96.6 Å². The summed E-state index contributed by atoms with van der Waals surface area (Å²) in [6.45, 7) is 0. The Morgan fingerprint density at radius 1 is 0.255 bits per heavy atom. The van der Waals surface area contributed by atoms with E-state index in [4.69, 9.17) is 0 Å². The fourth-order valence-corrected chi connectivity index (χ4v) is 8.75. The fourth-order valence-electron chi connectivity index (χ4n) is 7.67. The molecule has 0 unspecified atom stereocenters. The molecular weight excluding hydrogens is 585 g/mol. The molecule has 0 radical (unpaired) electrons. The van der Waals surface area contributed by atoms with Crippen LogP contribution in [0.2, 0.25) is 0 Å². The van der Waals surface area contributed by atoms with Crippen LogP contribution in [0.15, 0.2) is 170 Å². The van der Waals surface area contributed by atoms with Crippen LogP contribution >= 0.6 is 11.3 Å². The zero-order chi connectivity index (χ0) is 30.9.